The van der Waals surface area contributed by atoms with Crippen LogP contribution >= 0.6 is 0 Å². The summed E-state index contributed by atoms with van der Waals surface area (Å²) in [7, 11) is 0. The van der Waals surface area contributed by atoms with Crippen molar-refractivity contribution in [3.8, 4) is 23.6 Å². The molecule has 2 N–H and O–H groups in total. The highest BCUT2D eigenvalue weighted by Crippen LogP contribution is 2.31. The first kappa shape index (κ1) is 13.3. The smallest absolute Gasteiger partial charge is 0.407 e. The van der Waals surface area contributed by atoms with Crippen LogP contribution in [0.25, 0.3) is 11.3 Å². The number of aromatic amines is 1. The lowest BCUT2D eigenvalue weighted by atomic mass is 10.1. The van der Waals surface area contributed by atoms with Gasteiger partial charge in [0.25, 0.3) is 0 Å². The summed E-state index contributed by atoms with van der Waals surface area (Å²) < 4.78 is 0. The first-order valence-corrected chi connectivity index (χ1v) is 6.80. The van der Waals surface area contributed by atoms with Gasteiger partial charge in [0, 0.05) is 12.1 Å². The zero-order valence-electron chi connectivity index (χ0n) is 11.4. The summed E-state index contributed by atoms with van der Waals surface area (Å²) in [6.45, 7) is 0.562. The van der Waals surface area contributed by atoms with Gasteiger partial charge in [0.15, 0.2) is 0 Å². The van der Waals surface area contributed by atoms with Gasteiger partial charge >= 0.3 is 6.09 Å². The molecule has 0 bridgehead atoms. The van der Waals surface area contributed by atoms with Gasteiger partial charge in [-0.1, -0.05) is 18.1 Å². The number of H-pyrrole nitrogens is 1. The molecule has 2 heterocycles. The van der Waals surface area contributed by atoms with E-state index in [1.54, 1.807) is 6.20 Å². The van der Waals surface area contributed by atoms with Crippen LogP contribution in [0.4, 0.5) is 4.79 Å². The lowest BCUT2D eigenvalue weighted by molar-refractivity contribution is 0.139. The molecule has 3 rings (SSSR count). The van der Waals surface area contributed by atoms with Crippen LogP contribution in [-0.4, -0.2) is 32.6 Å². The number of likely N-dealkylation sites (tertiary alicyclic amines) is 1. The van der Waals surface area contributed by atoms with E-state index in [0.717, 1.165) is 29.7 Å². The largest absolute Gasteiger partial charge is 0.465 e. The van der Waals surface area contributed by atoms with Crippen molar-refractivity contribution in [2.24, 2.45) is 0 Å². The summed E-state index contributed by atoms with van der Waals surface area (Å²) in [6, 6.07) is 7.41. The molecule has 1 aromatic carbocycles. The van der Waals surface area contributed by atoms with E-state index in [0.29, 0.717) is 12.4 Å². The maximum absolute atomic E-state index is 11.2. The molecule has 1 unspecified atom stereocenters. The van der Waals surface area contributed by atoms with Gasteiger partial charge in [-0.05, 0) is 30.5 Å². The van der Waals surface area contributed by atoms with Crippen LogP contribution < -0.4 is 0 Å². The average Bonchev–Trinajstić information content (AvgIpc) is 3.16. The fraction of sp³-hybridized carbons (Fsp3) is 0.250. The van der Waals surface area contributed by atoms with E-state index in [9.17, 15) is 9.90 Å². The van der Waals surface area contributed by atoms with E-state index in [1.165, 1.54) is 4.90 Å². The first-order valence-electron chi connectivity index (χ1n) is 6.80. The van der Waals surface area contributed by atoms with Gasteiger partial charge in [0.05, 0.1) is 17.9 Å². The third kappa shape index (κ3) is 2.48. The molecule has 106 valence electrons. The summed E-state index contributed by atoms with van der Waals surface area (Å²) in [4.78, 5) is 20.2. The minimum atomic E-state index is -0.895. The molecule has 1 amide bonds. The topological polar surface area (TPSA) is 69.2 Å². The highest BCUT2D eigenvalue weighted by molar-refractivity contribution is 5.66. The van der Waals surface area contributed by atoms with Crippen LogP contribution in [0, 0.1) is 12.3 Å². The minimum absolute atomic E-state index is 0.179. The van der Waals surface area contributed by atoms with Crippen LogP contribution in [-0.2, 0) is 0 Å². The average molecular weight is 281 g/mol. The third-order valence-corrected chi connectivity index (χ3v) is 3.77. The lowest BCUT2D eigenvalue weighted by Crippen LogP contribution is -2.29. The molecule has 5 heteroatoms. The van der Waals surface area contributed by atoms with Crippen LogP contribution in [0.1, 0.15) is 30.3 Å². The Hall–Kier alpha value is -2.74. The Bertz CT molecular complexity index is 697. The van der Waals surface area contributed by atoms with Crippen molar-refractivity contribution in [1.29, 1.82) is 0 Å². The van der Waals surface area contributed by atoms with Crippen molar-refractivity contribution in [2.75, 3.05) is 6.54 Å². The molecule has 0 spiro atoms. The number of terminal acetylenes is 1. The number of carbonyl (C=O) groups is 1. The normalized spacial score (nSPS) is 17.7. The van der Waals surface area contributed by atoms with E-state index in [4.69, 9.17) is 6.42 Å². The van der Waals surface area contributed by atoms with E-state index >= 15 is 0 Å². The number of nitrogens with zero attached hydrogens (tertiary/aromatic N) is 2. The number of nitrogens with one attached hydrogen (secondary N) is 1. The summed E-state index contributed by atoms with van der Waals surface area (Å²) in [5, 5.41) is 9.19. The van der Waals surface area contributed by atoms with Crippen LogP contribution in [0.3, 0.4) is 0 Å². The predicted octanol–water partition coefficient (Wildman–Crippen LogP) is 2.87. The fourth-order valence-electron chi connectivity index (χ4n) is 2.68. The molecule has 1 aliphatic heterocycles. The zero-order valence-corrected chi connectivity index (χ0v) is 11.4. The molecular weight excluding hydrogens is 266 g/mol. The first-order chi connectivity index (χ1) is 10.2. The van der Waals surface area contributed by atoms with Gasteiger partial charge in [-0.3, -0.25) is 4.90 Å². The number of benzene rings is 1. The molecule has 1 atom stereocenters. The number of amides is 1. The molecular formula is C16H15N3O2. The minimum Gasteiger partial charge on any atom is -0.465 e. The van der Waals surface area contributed by atoms with Crippen LogP contribution in [0.15, 0.2) is 30.5 Å². The fourth-order valence-corrected chi connectivity index (χ4v) is 2.68. The highest BCUT2D eigenvalue weighted by Gasteiger charge is 2.31. The Morgan fingerprint density at radius 3 is 2.86 bits per heavy atom. The standard InChI is InChI=1S/C16H15N3O2/c1-2-11-5-7-12(8-6-11)13-10-17-15(18-13)14-4-3-9-19(14)16(20)21/h1,5-8,10,14H,3-4,9H2,(H,17,18)(H,20,21). The Kier molecular flexibility index (Phi) is 3.36. The highest BCUT2D eigenvalue weighted by atomic mass is 16.4. The predicted molar refractivity (Wildman–Crippen MR) is 78.7 cm³/mol. The summed E-state index contributed by atoms with van der Waals surface area (Å²) in [5.41, 5.74) is 2.67. The summed E-state index contributed by atoms with van der Waals surface area (Å²) in [5.74, 6) is 3.28. The molecule has 0 aliphatic carbocycles. The molecule has 21 heavy (non-hydrogen) atoms. The molecule has 2 aromatic rings. The third-order valence-electron chi connectivity index (χ3n) is 3.77. The quantitative estimate of drug-likeness (QED) is 0.832. The SMILES string of the molecule is C#Cc1ccc(-c2cnc(C3CCCN3C(=O)O)[nH]2)cc1. The van der Waals surface area contributed by atoms with Gasteiger partial charge in [-0.25, -0.2) is 9.78 Å². The van der Waals surface area contributed by atoms with E-state index in [2.05, 4.69) is 15.9 Å². The molecule has 1 saturated heterocycles. The summed E-state index contributed by atoms with van der Waals surface area (Å²) in [6.07, 6.45) is 7.84. The van der Waals surface area contributed by atoms with Crippen molar-refractivity contribution in [2.45, 2.75) is 18.9 Å². The Morgan fingerprint density at radius 2 is 2.19 bits per heavy atom. The lowest BCUT2D eigenvalue weighted by Gasteiger charge is -2.19. The number of carboxylic acid groups (broad SMARTS) is 1. The van der Waals surface area contributed by atoms with Crippen LogP contribution in [0.5, 0.6) is 0 Å². The Morgan fingerprint density at radius 1 is 1.43 bits per heavy atom. The van der Waals surface area contributed by atoms with Crippen LogP contribution in [0.2, 0.25) is 0 Å². The Labute approximate surface area is 122 Å². The second kappa shape index (κ2) is 5.33. The van der Waals surface area contributed by atoms with Gasteiger partial charge in [0.1, 0.15) is 5.82 Å². The van der Waals surface area contributed by atoms with Crippen molar-refractivity contribution in [3.63, 3.8) is 0 Å². The van der Waals surface area contributed by atoms with Gasteiger partial charge in [-0.15, -0.1) is 6.42 Å². The molecule has 5 nitrogen and oxygen atoms in total. The Balaban J connectivity index is 1.86. The maximum atomic E-state index is 11.2. The molecule has 0 saturated carbocycles. The molecule has 1 aromatic heterocycles. The van der Waals surface area contributed by atoms with Gasteiger partial charge in [0.2, 0.25) is 0 Å². The molecule has 1 aliphatic rings. The van der Waals surface area contributed by atoms with Crippen molar-refractivity contribution in [1.82, 2.24) is 14.9 Å². The second-order valence-corrected chi connectivity index (χ2v) is 5.04. The maximum Gasteiger partial charge on any atom is 0.407 e. The van der Waals surface area contributed by atoms with Gasteiger partial charge < -0.3 is 10.1 Å². The van der Waals surface area contributed by atoms with Crippen molar-refractivity contribution in [3.05, 3.63) is 41.9 Å². The monoisotopic (exact) mass is 281 g/mol. The van der Waals surface area contributed by atoms with Crippen molar-refractivity contribution >= 4 is 6.09 Å². The number of aromatic nitrogens is 2. The van der Waals surface area contributed by atoms with Gasteiger partial charge in [-0.2, -0.15) is 0 Å². The summed E-state index contributed by atoms with van der Waals surface area (Å²) >= 11 is 0. The van der Waals surface area contributed by atoms with E-state index < -0.39 is 6.09 Å². The van der Waals surface area contributed by atoms with E-state index in [-0.39, 0.29) is 6.04 Å². The molecule has 1 fully saturated rings. The number of rotatable bonds is 2. The number of hydrogen-bond donors (Lipinski definition) is 2. The second-order valence-electron chi connectivity index (χ2n) is 5.04. The number of imidazole rings is 1. The van der Waals surface area contributed by atoms with Crippen molar-refractivity contribution < 1.29 is 9.90 Å². The zero-order chi connectivity index (χ0) is 14.8. The molecule has 0 radical (unpaired) electrons. The van der Waals surface area contributed by atoms with E-state index in [1.807, 2.05) is 24.3 Å². The number of hydrogen-bond acceptors (Lipinski definition) is 2.